The van der Waals surface area contributed by atoms with Gasteiger partial charge in [0, 0.05) is 22.8 Å². The fourth-order valence-corrected chi connectivity index (χ4v) is 4.64. The molecule has 1 aromatic heterocycles. The third kappa shape index (κ3) is 5.20. The van der Waals surface area contributed by atoms with Crippen LogP contribution >= 0.6 is 11.8 Å². The van der Waals surface area contributed by atoms with E-state index < -0.39 is 41.2 Å². The topological polar surface area (TPSA) is 71.4 Å². The number of carbonyl (C=O) groups excluding carboxylic acids is 3. The van der Waals surface area contributed by atoms with Crippen LogP contribution in [0.15, 0.2) is 59.5 Å². The molecule has 2 aromatic carbocycles. The van der Waals surface area contributed by atoms with E-state index in [1.807, 2.05) is 0 Å². The van der Waals surface area contributed by atoms with E-state index in [0.717, 1.165) is 29.2 Å². The summed E-state index contributed by atoms with van der Waals surface area (Å²) in [4.78, 5) is 38.4. The number of imide groups is 1. The van der Waals surface area contributed by atoms with Gasteiger partial charge in [0.2, 0.25) is 5.91 Å². The number of aryl methyl sites for hydroxylation is 1. The van der Waals surface area contributed by atoms with Crippen molar-refractivity contribution in [1.82, 2.24) is 9.47 Å². The van der Waals surface area contributed by atoms with Crippen molar-refractivity contribution in [2.75, 3.05) is 11.9 Å². The zero-order valence-corrected chi connectivity index (χ0v) is 19.8. The molecule has 11 heteroatoms. The van der Waals surface area contributed by atoms with Gasteiger partial charge in [-0.15, -0.1) is 0 Å². The summed E-state index contributed by atoms with van der Waals surface area (Å²) >= 11 is 0.663. The molecule has 0 aliphatic carbocycles. The molecular formula is C25H19F4N3O3S. The number of anilines is 1. The number of aromatic nitrogens is 1. The number of thioether (sulfide) groups is 1. The van der Waals surface area contributed by atoms with Crippen molar-refractivity contribution >= 4 is 40.6 Å². The Morgan fingerprint density at radius 3 is 2.42 bits per heavy atom. The van der Waals surface area contributed by atoms with E-state index in [4.69, 9.17) is 0 Å². The molecule has 6 nitrogen and oxygen atoms in total. The molecule has 186 valence electrons. The first kappa shape index (κ1) is 25.2. The summed E-state index contributed by atoms with van der Waals surface area (Å²) in [5.74, 6) is -1.77. The zero-order chi connectivity index (χ0) is 26.2. The third-order valence-corrected chi connectivity index (χ3v) is 6.40. The molecule has 0 atom stereocenters. The van der Waals surface area contributed by atoms with Crippen LogP contribution in [-0.4, -0.2) is 33.1 Å². The first-order valence-corrected chi connectivity index (χ1v) is 11.4. The number of rotatable bonds is 5. The first-order valence-electron chi connectivity index (χ1n) is 10.6. The summed E-state index contributed by atoms with van der Waals surface area (Å²) in [5.41, 5.74) is 1.60. The molecule has 1 saturated heterocycles. The van der Waals surface area contributed by atoms with Crippen molar-refractivity contribution in [2.45, 2.75) is 20.0 Å². The Bertz CT molecular complexity index is 1390. The average Bonchev–Trinajstić information content (AvgIpc) is 3.24. The lowest BCUT2D eigenvalue weighted by Gasteiger charge is -2.13. The van der Waals surface area contributed by atoms with Crippen molar-refractivity contribution < 1.29 is 31.9 Å². The average molecular weight is 518 g/mol. The van der Waals surface area contributed by atoms with Crippen LogP contribution in [-0.2, 0) is 15.8 Å². The minimum atomic E-state index is -4.49. The van der Waals surface area contributed by atoms with E-state index >= 15 is 0 Å². The van der Waals surface area contributed by atoms with Gasteiger partial charge in [-0.05, 0) is 85.8 Å². The SMILES string of the molecule is Cc1cc(/C=C2\SC(=O)N(CC(=O)Nc3ccc(F)cc3)C2=O)c(C)n1-c1cccc(C(F)(F)F)c1. The van der Waals surface area contributed by atoms with Gasteiger partial charge in [0.05, 0.1) is 10.5 Å². The second-order valence-electron chi connectivity index (χ2n) is 8.03. The van der Waals surface area contributed by atoms with E-state index in [0.29, 0.717) is 40.1 Å². The minimum Gasteiger partial charge on any atom is -0.325 e. The van der Waals surface area contributed by atoms with Crippen molar-refractivity contribution in [3.05, 3.63) is 87.8 Å². The lowest BCUT2D eigenvalue weighted by Crippen LogP contribution is -2.36. The maximum absolute atomic E-state index is 13.2. The van der Waals surface area contributed by atoms with E-state index in [2.05, 4.69) is 5.32 Å². The molecule has 1 fully saturated rings. The van der Waals surface area contributed by atoms with Gasteiger partial charge >= 0.3 is 6.18 Å². The number of amides is 3. The lowest BCUT2D eigenvalue weighted by molar-refractivity contribution is -0.137. The van der Waals surface area contributed by atoms with Crippen molar-refractivity contribution in [1.29, 1.82) is 0 Å². The van der Waals surface area contributed by atoms with Crippen molar-refractivity contribution in [2.24, 2.45) is 0 Å². The largest absolute Gasteiger partial charge is 0.416 e. The number of benzene rings is 2. The van der Waals surface area contributed by atoms with E-state index in [1.165, 1.54) is 24.3 Å². The highest BCUT2D eigenvalue weighted by molar-refractivity contribution is 8.18. The van der Waals surface area contributed by atoms with E-state index in [9.17, 15) is 31.9 Å². The maximum atomic E-state index is 13.2. The third-order valence-electron chi connectivity index (χ3n) is 5.49. The van der Waals surface area contributed by atoms with Crippen molar-refractivity contribution in [3.63, 3.8) is 0 Å². The molecule has 1 aliphatic rings. The normalized spacial score (nSPS) is 15.2. The van der Waals surface area contributed by atoms with Crippen molar-refractivity contribution in [3.8, 4) is 5.69 Å². The Morgan fingerprint density at radius 2 is 1.75 bits per heavy atom. The molecule has 36 heavy (non-hydrogen) atoms. The Morgan fingerprint density at radius 1 is 1.06 bits per heavy atom. The van der Waals surface area contributed by atoms with Crippen LogP contribution in [0.2, 0.25) is 0 Å². The standard InChI is InChI=1S/C25H19F4N3O3S/c1-14-10-16(15(2)32(14)20-5-3-4-17(12-20)25(27,28)29)11-21-23(34)31(24(35)36-21)13-22(33)30-19-8-6-18(26)7-9-19/h3-12H,13H2,1-2H3,(H,30,33)/b21-11-. The fourth-order valence-electron chi connectivity index (χ4n) is 3.81. The molecule has 0 saturated carbocycles. The summed E-state index contributed by atoms with van der Waals surface area (Å²) in [5, 5.41) is 1.86. The van der Waals surface area contributed by atoms with Crippen LogP contribution in [0.4, 0.5) is 28.0 Å². The number of nitrogens with one attached hydrogen (secondary N) is 1. The van der Waals surface area contributed by atoms with Crippen LogP contribution in [0.1, 0.15) is 22.5 Å². The number of hydrogen-bond acceptors (Lipinski definition) is 4. The monoisotopic (exact) mass is 517 g/mol. The van der Waals surface area contributed by atoms with Gasteiger partial charge in [0.15, 0.2) is 0 Å². The molecule has 0 spiro atoms. The van der Waals surface area contributed by atoms with Gasteiger partial charge in [-0.2, -0.15) is 13.2 Å². The predicted octanol–water partition coefficient (Wildman–Crippen LogP) is 5.93. The highest BCUT2D eigenvalue weighted by Gasteiger charge is 2.36. The second kappa shape index (κ2) is 9.65. The Hall–Kier alpha value is -3.86. The number of halogens is 4. The smallest absolute Gasteiger partial charge is 0.325 e. The maximum Gasteiger partial charge on any atom is 0.416 e. The number of carbonyl (C=O) groups is 3. The summed E-state index contributed by atoms with van der Waals surface area (Å²) < 4.78 is 54.2. The molecule has 0 radical (unpaired) electrons. The van der Waals surface area contributed by atoms with Crippen LogP contribution in [0.25, 0.3) is 11.8 Å². The fraction of sp³-hybridized carbons (Fsp3) is 0.160. The molecule has 0 unspecified atom stereocenters. The first-order chi connectivity index (χ1) is 16.9. The zero-order valence-electron chi connectivity index (χ0n) is 19.0. The summed E-state index contributed by atoms with van der Waals surface area (Å²) in [6.07, 6.45) is -3.01. The van der Waals surface area contributed by atoms with Gasteiger partial charge in [-0.1, -0.05) is 6.07 Å². The molecule has 3 amide bonds. The second-order valence-corrected chi connectivity index (χ2v) is 9.03. The van der Waals surface area contributed by atoms with E-state index in [-0.39, 0.29) is 4.91 Å². The number of hydrogen-bond donors (Lipinski definition) is 1. The minimum absolute atomic E-state index is 0.0823. The molecule has 1 aliphatic heterocycles. The van der Waals surface area contributed by atoms with E-state index in [1.54, 1.807) is 30.5 Å². The molecule has 4 rings (SSSR count). The van der Waals surface area contributed by atoms with Gasteiger partial charge in [0.1, 0.15) is 12.4 Å². The summed E-state index contributed by atoms with van der Waals surface area (Å²) in [6.45, 7) is 2.89. The Kier molecular flexibility index (Phi) is 6.77. The Balaban J connectivity index is 1.55. The quantitative estimate of drug-likeness (QED) is 0.337. The van der Waals surface area contributed by atoms with Gasteiger partial charge in [0.25, 0.3) is 11.1 Å². The van der Waals surface area contributed by atoms with Gasteiger partial charge < -0.3 is 9.88 Å². The van der Waals surface area contributed by atoms with Crippen LogP contribution in [0.3, 0.4) is 0 Å². The molecule has 3 aromatic rings. The van der Waals surface area contributed by atoms with Gasteiger partial charge in [-0.25, -0.2) is 4.39 Å². The number of nitrogens with zero attached hydrogens (tertiary/aromatic N) is 2. The molecule has 2 heterocycles. The summed E-state index contributed by atoms with van der Waals surface area (Å²) in [6, 6.07) is 11.6. The van der Waals surface area contributed by atoms with Crippen LogP contribution in [0.5, 0.6) is 0 Å². The predicted molar refractivity (Wildman–Crippen MR) is 128 cm³/mol. The molecule has 1 N–H and O–H groups in total. The van der Waals surface area contributed by atoms with Crippen LogP contribution in [0, 0.1) is 19.7 Å². The van der Waals surface area contributed by atoms with Crippen LogP contribution < -0.4 is 5.32 Å². The van der Waals surface area contributed by atoms with Gasteiger partial charge in [-0.3, -0.25) is 19.3 Å². The highest BCUT2D eigenvalue weighted by atomic mass is 32.2. The number of alkyl halides is 3. The molecular weight excluding hydrogens is 498 g/mol. The highest BCUT2D eigenvalue weighted by Crippen LogP contribution is 2.35. The molecule has 0 bridgehead atoms. The lowest BCUT2D eigenvalue weighted by atomic mass is 10.2. The summed E-state index contributed by atoms with van der Waals surface area (Å²) in [7, 11) is 0. The Labute approximate surface area is 207 Å².